The second kappa shape index (κ2) is 8.49. The van der Waals surface area contributed by atoms with Gasteiger partial charge in [-0.2, -0.15) is 10.2 Å². The minimum absolute atomic E-state index is 0.321. The Kier molecular flexibility index (Phi) is 5.23. The molecule has 0 unspecified atom stereocenters. The summed E-state index contributed by atoms with van der Waals surface area (Å²) in [5, 5.41) is 12.2. The molecule has 2 N–H and O–H groups in total. The van der Waals surface area contributed by atoms with Gasteiger partial charge in [0.2, 0.25) is 5.88 Å². The smallest absolute Gasteiger partial charge is 0.223 e. The molecule has 5 heterocycles. The molecule has 4 aromatic heterocycles. The summed E-state index contributed by atoms with van der Waals surface area (Å²) < 4.78 is 5.83. The van der Waals surface area contributed by atoms with Crippen LogP contribution in [0.3, 0.4) is 0 Å². The second-order valence-electron chi connectivity index (χ2n) is 7.52. The van der Waals surface area contributed by atoms with Gasteiger partial charge in [0.25, 0.3) is 0 Å². The van der Waals surface area contributed by atoms with Gasteiger partial charge in [0, 0.05) is 32.2 Å². The highest BCUT2D eigenvalue weighted by Crippen LogP contribution is 2.29. The molecule has 10 heteroatoms. The molecule has 0 amide bonds. The van der Waals surface area contributed by atoms with E-state index in [9.17, 15) is 0 Å². The number of nitrogens with one attached hydrogen (secondary N) is 2. The molecule has 1 fully saturated rings. The van der Waals surface area contributed by atoms with E-state index >= 15 is 0 Å². The van der Waals surface area contributed by atoms with Gasteiger partial charge in [-0.25, -0.2) is 15.0 Å². The molecule has 10 nitrogen and oxygen atoms in total. The molecule has 1 aliphatic heterocycles. The highest BCUT2D eigenvalue weighted by Gasteiger charge is 2.15. The topological polar surface area (TPSA) is 119 Å². The predicted octanol–water partition coefficient (Wildman–Crippen LogP) is 2.91. The summed E-state index contributed by atoms with van der Waals surface area (Å²) in [4.78, 5) is 25.1. The molecule has 4 aromatic rings. The van der Waals surface area contributed by atoms with Crippen LogP contribution in [0.25, 0.3) is 11.2 Å². The fourth-order valence-corrected chi connectivity index (χ4v) is 3.53. The van der Waals surface area contributed by atoms with Gasteiger partial charge in [-0.05, 0) is 31.3 Å². The maximum atomic E-state index is 8.89. The molecular formula is C22H21N9O. The number of H-pyrrole nitrogens is 1. The third-order valence-electron chi connectivity index (χ3n) is 5.32. The van der Waals surface area contributed by atoms with Crippen molar-refractivity contribution in [2.24, 2.45) is 0 Å². The van der Waals surface area contributed by atoms with Crippen LogP contribution >= 0.6 is 0 Å². The lowest BCUT2D eigenvalue weighted by Crippen LogP contribution is -2.44. The quantitative estimate of drug-likeness (QED) is 0.495. The van der Waals surface area contributed by atoms with Gasteiger partial charge in [-0.3, -0.25) is 0 Å². The highest BCUT2D eigenvalue weighted by molar-refractivity contribution is 5.88. The van der Waals surface area contributed by atoms with Gasteiger partial charge in [-0.1, -0.05) is 0 Å². The summed E-state index contributed by atoms with van der Waals surface area (Å²) in [6, 6.07) is 11.1. The number of anilines is 3. The lowest BCUT2D eigenvalue weighted by atomic mass is 10.3. The first-order chi connectivity index (χ1) is 15.7. The van der Waals surface area contributed by atoms with E-state index in [-0.39, 0.29) is 0 Å². The predicted molar refractivity (Wildman–Crippen MR) is 120 cm³/mol. The van der Waals surface area contributed by atoms with E-state index in [1.807, 2.05) is 18.3 Å². The average molecular weight is 427 g/mol. The molecule has 0 spiro atoms. The zero-order chi connectivity index (χ0) is 21.9. The number of pyridine rings is 3. The van der Waals surface area contributed by atoms with Gasteiger partial charge in [0.05, 0.1) is 30.1 Å². The number of hydrogen-bond acceptors (Lipinski definition) is 9. The monoisotopic (exact) mass is 427 g/mol. The molecule has 0 saturated carbocycles. The molecule has 0 bridgehead atoms. The summed E-state index contributed by atoms with van der Waals surface area (Å²) >= 11 is 0. The van der Waals surface area contributed by atoms with Crippen LogP contribution in [0.1, 0.15) is 5.69 Å². The van der Waals surface area contributed by atoms with Crippen molar-refractivity contribution < 1.29 is 4.74 Å². The molecule has 1 aliphatic rings. The van der Waals surface area contributed by atoms with Crippen molar-refractivity contribution in [2.75, 3.05) is 43.4 Å². The third kappa shape index (κ3) is 4.14. The number of fused-ring (bicyclic) bond motifs is 1. The first-order valence-electron chi connectivity index (χ1n) is 10.2. The number of nitriles is 1. The van der Waals surface area contributed by atoms with Crippen LogP contribution in [-0.2, 0) is 0 Å². The number of rotatable bonds is 5. The number of imidazole rings is 1. The molecule has 160 valence electrons. The molecule has 5 rings (SSSR count). The SMILES string of the molecule is CN1CCN(c2ccc(Nc3cc(Oc4ccc(C#N)nc4)nc4nc[nH]c34)nc2)CC1. The number of ether oxygens (including phenoxy) is 1. The summed E-state index contributed by atoms with van der Waals surface area (Å²) in [5.41, 5.74) is 3.44. The molecule has 0 aromatic carbocycles. The highest BCUT2D eigenvalue weighted by atomic mass is 16.5. The normalized spacial score (nSPS) is 14.3. The summed E-state index contributed by atoms with van der Waals surface area (Å²) in [7, 11) is 2.14. The summed E-state index contributed by atoms with van der Waals surface area (Å²) in [5.74, 6) is 1.54. The van der Waals surface area contributed by atoms with E-state index in [2.05, 4.69) is 53.2 Å². The Bertz CT molecular complexity index is 1250. The largest absolute Gasteiger partial charge is 0.437 e. The first-order valence-corrected chi connectivity index (χ1v) is 10.2. The second-order valence-corrected chi connectivity index (χ2v) is 7.52. The van der Waals surface area contributed by atoms with Crippen molar-refractivity contribution in [1.82, 2.24) is 29.8 Å². The number of hydrogen-bond donors (Lipinski definition) is 2. The van der Waals surface area contributed by atoms with E-state index in [1.165, 1.54) is 6.20 Å². The number of piperazine rings is 1. The average Bonchev–Trinajstić information content (AvgIpc) is 3.30. The lowest BCUT2D eigenvalue weighted by Gasteiger charge is -2.33. The lowest BCUT2D eigenvalue weighted by molar-refractivity contribution is 0.313. The van der Waals surface area contributed by atoms with E-state index in [0.29, 0.717) is 28.8 Å². The summed E-state index contributed by atoms with van der Waals surface area (Å²) in [6.45, 7) is 4.09. The Hall–Kier alpha value is -4.23. The van der Waals surface area contributed by atoms with Crippen molar-refractivity contribution >= 4 is 28.4 Å². The molecular weight excluding hydrogens is 406 g/mol. The number of aromatic amines is 1. The van der Waals surface area contributed by atoms with Crippen LogP contribution in [0.4, 0.5) is 17.2 Å². The van der Waals surface area contributed by atoms with Gasteiger partial charge >= 0.3 is 0 Å². The van der Waals surface area contributed by atoms with Crippen LogP contribution < -0.4 is 15.0 Å². The number of nitrogens with zero attached hydrogens (tertiary/aromatic N) is 7. The van der Waals surface area contributed by atoms with Crippen LogP contribution in [0.5, 0.6) is 11.6 Å². The van der Waals surface area contributed by atoms with Crippen LogP contribution in [0.2, 0.25) is 0 Å². The van der Waals surface area contributed by atoms with Crippen LogP contribution in [0, 0.1) is 11.3 Å². The summed E-state index contributed by atoms with van der Waals surface area (Å²) in [6.07, 6.45) is 4.96. The van der Waals surface area contributed by atoms with E-state index in [0.717, 1.165) is 43.1 Å². The Labute approximate surface area is 184 Å². The van der Waals surface area contributed by atoms with Crippen molar-refractivity contribution in [2.45, 2.75) is 0 Å². The Balaban J connectivity index is 1.36. The number of aromatic nitrogens is 5. The van der Waals surface area contributed by atoms with E-state index in [4.69, 9.17) is 10.00 Å². The fourth-order valence-electron chi connectivity index (χ4n) is 3.53. The molecule has 0 aliphatic carbocycles. The van der Waals surface area contributed by atoms with Crippen molar-refractivity contribution in [1.29, 1.82) is 5.26 Å². The maximum Gasteiger partial charge on any atom is 0.223 e. The maximum absolute atomic E-state index is 8.89. The van der Waals surface area contributed by atoms with Gasteiger partial charge in [0.1, 0.15) is 28.8 Å². The fraction of sp³-hybridized carbons (Fsp3) is 0.227. The van der Waals surface area contributed by atoms with Gasteiger partial charge in [0.15, 0.2) is 5.65 Å². The minimum Gasteiger partial charge on any atom is -0.437 e. The zero-order valence-electron chi connectivity index (χ0n) is 17.5. The van der Waals surface area contributed by atoms with Gasteiger partial charge in [-0.15, -0.1) is 0 Å². The molecule has 1 saturated heterocycles. The molecule has 0 radical (unpaired) electrons. The Morgan fingerprint density at radius 3 is 2.66 bits per heavy atom. The van der Waals surface area contributed by atoms with Crippen LogP contribution in [-0.4, -0.2) is 63.0 Å². The standard InChI is InChI=1S/C22H21N9O/c1-30-6-8-31(9-7-30)16-3-5-19(25-12-16)28-18-10-20(29-22-21(18)26-14-27-22)32-17-4-2-15(11-23)24-13-17/h2-5,10,12-14H,6-9H2,1H3,(H2,25,26,27,28,29). The van der Waals surface area contributed by atoms with Crippen molar-refractivity contribution in [3.63, 3.8) is 0 Å². The van der Waals surface area contributed by atoms with Crippen molar-refractivity contribution in [3.05, 3.63) is 54.7 Å². The molecule has 32 heavy (non-hydrogen) atoms. The molecule has 0 atom stereocenters. The Morgan fingerprint density at radius 2 is 1.94 bits per heavy atom. The van der Waals surface area contributed by atoms with Crippen molar-refractivity contribution in [3.8, 4) is 17.7 Å². The first kappa shape index (κ1) is 19.7. The Morgan fingerprint density at radius 1 is 1.06 bits per heavy atom. The van der Waals surface area contributed by atoms with Crippen LogP contribution in [0.15, 0.2) is 49.1 Å². The van der Waals surface area contributed by atoms with Gasteiger partial charge < -0.3 is 24.8 Å². The van der Waals surface area contributed by atoms with E-state index < -0.39 is 0 Å². The minimum atomic E-state index is 0.321. The van der Waals surface area contributed by atoms with E-state index in [1.54, 1.807) is 24.5 Å². The third-order valence-corrected chi connectivity index (χ3v) is 5.32. The zero-order valence-corrected chi connectivity index (χ0v) is 17.5. The number of likely N-dealkylation sites (N-methyl/N-ethyl adjacent to an activating group) is 1.